The zero-order chi connectivity index (χ0) is 15.2. The molecule has 21 heavy (non-hydrogen) atoms. The average molecular weight is 352 g/mol. The molecule has 0 aliphatic carbocycles. The van der Waals surface area contributed by atoms with Crippen LogP contribution in [0.25, 0.3) is 0 Å². The molecular weight excluding hydrogens is 333 g/mol. The monoisotopic (exact) mass is 351 g/mol. The predicted molar refractivity (Wildman–Crippen MR) is 86.8 cm³/mol. The van der Waals surface area contributed by atoms with Crippen molar-refractivity contribution in [2.45, 2.75) is 32.4 Å². The van der Waals surface area contributed by atoms with Gasteiger partial charge in [0.15, 0.2) is 0 Å². The smallest absolute Gasteiger partial charge is 0.137 e. The second-order valence-corrected chi connectivity index (χ2v) is 6.09. The van der Waals surface area contributed by atoms with E-state index in [1.807, 2.05) is 18.2 Å². The molecule has 0 radical (unpaired) electrons. The molecule has 112 valence electrons. The molecular formula is C17H19BrFNO. The van der Waals surface area contributed by atoms with Gasteiger partial charge in [-0.2, -0.15) is 0 Å². The van der Waals surface area contributed by atoms with Gasteiger partial charge in [0.2, 0.25) is 0 Å². The van der Waals surface area contributed by atoms with E-state index in [1.165, 1.54) is 5.56 Å². The van der Waals surface area contributed by atoms with Gasteiger partial charge in [-0.1, -0.05) is 18.2 Å². The first kappa shape index (κ1) is 16.0. The Bertz CT molecular complexity index is 586. The molecule has 0 amide bonds. The van der Waals surface area contributed by atoms with E-state index in [0.717, 1.165) is 18.4 Å². The number of hydrogen-bond donors (Lipinski definition) is 2. The van der Waals surface area contributed by atoms with E-state index in [2.05, 4.69) is 28.2 Å². The van der Waals surface area contributed by atoms with Crippen LogP contribution >= 0.6 is 15.9 Å². The van der Waals surface area contributed by atoms with Gasteiger partial charge in [0.05, 0.1) is 4.47 Å². The molecule has 0 aliphatic heterocycles. The first-order valence-electron chi connectivity index (χ1n) is 7.00. The minimum Gasteiger partial charge on any atom is -0.508 e. The Morgan fingerprint density at radius 1 is 1.14 bits per heavy atom. The summed E-state index contributed by atoms with van der Waals surface area (Å²) in [7, 11) is 0. The van der Waals surface area contributed by atoms with E-state index in [9.17, 15) is 9.50 Å². The van der Waals surface area contributed by atoms with E-state index in [1.54, 1.807) is 24.3 Å². The van der Waals surface area contributed by atoms with Crippen LogP contribution in [0.4, 0.5) is 4.39 Å². The second-order valence-electron chi connectivity index (χ2n) is 5.24. The third-order valence-electron chi connectivity index (χ3n) is 3.44. The van der Waals surface area contributed by atoms with Crippen LogP contribution in [0.1, 0.15) is 24.5 Å². The average Bonchev–Trinajstić information content (AvgIpc) is 2.48. The van der Waals surface area contributed by atoms with Crippen molar-refractivity contribution in [2.75, 3.05) is 0 Å². The number of rotatable bonds is 6. The fourth-order valence-corrected chi connectivity index (χ4v) is 2.34. The topological polar surface area (TPSA) is 32.3 Å². The lowest BCUT2D eigenvalue weighted by atomic mass is 10.1. The molecule has 2 nitrogen and oxygen atoms in total. The molecule has 0 spiro atoms. The maximum Gasteiger partial charge on any atom is 0.137 e. The molecule has 0 fully saturated rings. The summed E-state index contributed by atoms with van der Waals surface area (Å²) in [6, 6.07) is 12.8. The molecule has 0 aliphatic rings. The predicted octanol–water partition coefficient (Wildman–Crippen LogP) is 4.40. The Hall–Kier alpha value is -1.39. The van der Waals surface area contributed by atoms with Gasteiger partial charge in [0.25, 0.3) is 0 Å². The third-order valence-corrected chi connectivity index (χ3v) is 4.08. The van der Waals surface area contributed by atoms with E-state index >= 15 is 0 Å². The maximum atomic E-state index is 13.4. The lowest BCUT2D eigenvalue weighted by Crippen LogP contribution is -2.26. The van der Waals surface area contributed by atoms with Crippen LogP contribution in [-0.2, 0) is 13.0 Å². The number of phenols is 1. The first-order chi connectivity index (χ1) is 10.0. The molecule has 2 N–H and O–H groups in total. The van der Waals surface area contributed by atoms with Crippen molar-refractivity contribution in [3.8, 4) is 5.75 Å². The summed E-state index contributed by atoms with van der Waals surface area (Å²) in [5, 5.41) is 12.6. The van der Waals surface area contributed by atoms with Gasteiger partial charge >= 0.3 is 0 Å². The zero-order valence-electron chi connectivity index (χ0n) is 11.9. The normalized spacial score (nSPS) is 12.3. The number of aromatic hydroxyl groups is 1. The Labute approximate surface area is 133 Å². The van der Waals surface area contributed by atoms with Crippen LogP contribution in [0, 0.1) is 5.82 Å². The van der Waals surface area contributed by atoms with Crippen molar-refractivity contribution >= 4 is 15.9 Å². The highest BCUT2D eigenvalue weighted by Gasteiger charge is 2.05. The number of benzene rings is 2. The van der Waals surface area contributed by atoms with Gasteiger partial charge in [0.1, 0.15) is 11.6 Å². The van der Waals surface area contributed by atoms with Gasteiger partial charge in [-0.15, -0.1) is 0 Å². The van der Waals surface area contributed by atoms with Crippen LogP contribution in [0.2, 0.25) is 0 Å². The molecule has 0 saturated heterocycles. The minimum atomic E-state index is -0.231. The van der Waals surface area contributed by atoms with Crippen molar-refractivity contribution in [2.24, 2.45) is 0 Å². The van der Waals surface area contributed by atoms with Crippen LogP contribution in [0.5, 0.6) is 5.75 Å². The first-order valence-corrected chi connectivity index (χ1v) is 7.79. The quantitative estimate of drug-likeness (QED) is 0.807. The lowest BCUT2D eigenvalue weighted by molar-refractivity contribution is 0.474. The highest BCUT2D eigenvalue weighted by atomic mass is 79.9. The summed E-state index contributed by atoms with van der Waals surface area (Å²) in [4.78, 5) is 0. The number of nitrogens with one attached hydrogen (secondary N) is 1. The summed E-state index contributed by atoms with van der Waals surface area (Å²) < 4.78 is 13.9. The molecule has 2 aromatic rings. The number of phenolic OH excluding ortho intramolecular Hbond substituents is 1. The van der Waals surface area contributed by atoms with Gasteiger partial charge in [-0.05, 0) is 71.1 Å². The zero-order valence-corrected chi connectivity index (χ0v) is 13.5. The van der Waals surface area contributed by atoms with E-state index in [0.29, 0.717) is 22.8 Å². The Morgan fingerprint density at radius 2 is 1.81 bits per heavy atom. The summed E-state index contributed by atoms with van der Waals surface area (Å²) in [5.41, 5.74) is 2.14. The van der Waals surface area contributed by atoms with Gasteiger partial charge in [-0.25, -0.2) is 4.39 Å². The molecule has 2 rings (SSSR count). The van der Waals surface area contributed by atoms with Crippen LogP contribution < -0.4 is 5.32 Å². The lowest BCUT2D eigenvalue weighted by Gasteiger charge is -2.14. The highest BCUT2D eigenvalue weighted by Crippen LogP contribution is 2.16. The molecule has 0 aromatic heterocycles. The molecule has 0 bridgehead atoms. The van der Waals surface area contributed by atoms with Crippen molar-refractivity contribution in [3.63, 3.8) is 0 Å². The number of hydrogen-bond acceptors (Lipinski definition) is 2. The van der Waals surface area contributed by atoms with Crippen molar-refractivity contribution in [1.82, 2.24) is 5.32 Å². The fourth-order valence-electron chi connectivity index (χ4n) is 2.09. The largest absolute Gasteiger partial charge is 0.508 e. The van der Waals surface area contributed by atoms with Gasteiger partial charge < -0.3 is 10.4 Å². The Morgan fingerprint density at radius 3 is 2.48 bits per heavy atom. The Kier molecular flexibility index (Phi) is 5.76. The van der Waals surface area contributed by atoms with E-state index in [4.69, 9.17) is 0 Å². The molecule has 0 heterocycles. The van der Waals surface area contributed by atoms with Crippen molar-refractivity contribution in [3.05, 3.63) is 63.9 Å². The minimum absolute atomic E-state index is 0.231. The SMILES string of the molecule is CC(CCc1ccc(O)cc1)NCc1ccc(Br)c(F)c1. The Balaban J connectivity index is 1.77. The second kappa shape index (κ2) is 7.57. The summed E-state index contributed by atoms with van der Waals surface area (Å²) in [5.74, 6) is 0.0632. The van der Waals surface area contributed by atoms with Gasteiger partial charge in [0, 0.05) is 12.6 Å². The number of aryl methyl sites for hydroxylation is 1. The summed E-state index contributed by atoms with van der Waals surface area (Å²) >= 11 is 3.15. The van der Waals surface area contributed by atoms with E-state index in [-0.39, 0.29) is 5.82 Å². The molecule has 4 heteroatoms. The summed E-state index contributed by atoms with van der Waals surface area (Å²) in [6.07, 6.45) is 1.94. The fraction of sp³-hybridized carbons (Fsp3) is 0.294. The van der Waals surface area contributed by atoms with Crippen LogP contribution in [0.3, 0.4) is 0 Å². The highest BCUT2D eigenvalue weighted by molar-refractivity contribution is 9.10. The van der Waals surface area contributed by atoms with Crippen LogP contribution in [-0.4, -0.2) is 11.1 Å². The van der Waals surface area contributed by atoms with E-state index < -0.39 is 0 Å². The molecule has 2 aromatic carbocycles. The van der Waals surface area contributed by atoms with Crippen molar-refractivity contribution in [1.29, 1.82) is 0 Å². The number of halogens is 2. The van der Waals surface area contributed by atoms with Crippen LogP contribution in [0.15, 0.2) is 46.9 Å². The standard InChI is InChI=1S/C17H19BrFNO/c1-12(2-3-13-4-7-15(21)8-5-13)20-11-14-6-9-16(18)17(19)10-14/h4-10,12,20-21H,2-3,11H2,1H3. The van der Waals surface area contributed by atoms with Gasteiger partial charge in [-0.3, -0.25) is 0 Å². The maximum absolute atomic E-state index is 13.4. The molecule has 0 saturated carbocycles. The summed E-state index contributed by atoms with van der Waals surface area (Å²) in [6.45, 7) is 2.77. The molecule has 1 unspecified atom stereocenters. The third kappa shape index (κ3) is 5.14. The van der Waals surface area contributed by atoms with Crippen molar-refractivity contribution < 1.29 is 9.50 Å². The molecule has 1 atom stereocenters.